The maximum absolute atomic E-state index is 13.3. The number of hydrazone groups is 1. The largest absolute Gasteiger partial charge is 0.454 e. The zero-order valence-electron chi connectivity index (χ0n) is 15.4. The Kier molecular flexibility index (Phi) is 4.45. The molecule has 5 rings (SSSR count). The first-order chi connectivity index (χ1) is 14.2. The summed E-state index contributed by atoms with van der Waals surface area (Å²) >= 11 is 5.98. The van der Waals surface area contributed by atoms with Crippen molar-refractivity contribution in [3.8, 4) is 11.5 Å². The van der Waals surface area contributed by atoms with Gasteiger partial charge in [-0.1, -0.05) is 48.0 Å². The number of nitrogens with zero attached hydrogens (tertiary/aromatic N) is 2. The number of amides is 1. The van der Waals surface area contributed by atoms with Crippen LogP contribution in [0.5, 0.6) is 11.5 Å². The third-order valence-corrected chi connectivity index (χ3v) is 5.35. The van der Waals surface area contributed by atoms with Crippen LogP contribution < -0.4 is 9.47 Å². The molecule has 0 saturated heterocycles. The van der Waals surface area contributed by atoms with Crippen LogP contribution in [0.4, 0.5) is 0 Å². The molecule has 6 heteroatoms. The van der Waals surface area contributed by atoms with Crippen molar-refractivity contribution in [3.05, 3.63) is 94.5 Å². The average Bonchev–Trinajstić information content (AvgIpc) is 3.41. The minimum Gasteiger partial charge on any atom is -0.454 e. The van der Waals surface area contributed by atoms with Crippen LogP contribution in [0.25, 0.3) is 0 Å². The van der Waals surface area contributed by atoms with E-state index in [1.807, 2.05) is 48.5 Å². The fourth-order valence-electron chi connectivity index (χ4n) is 3.61. The summed E-state index contributed by atoms with van der Waals surface area (Å²) in [7, 11) is 0. The number of rotatable bonds is 3. The van der Waals surface area contributed by atoms with Gasteiger partial charge in [0.15, 0.2) is 11.5 Å². The number of carbonyl (C=O) groups excluding carboxylic acids is 1. The second kappa shape index (κ2) is 7.26. The highest BCUT2D eigenvalue weighted by Gasteiger charge is 2.34. The molecule has 0 saturated carbocycles. The second-order valence-corrected chi connectivity index (χ2v) is 7.34. The predicted molar refractivity (Wildman–Crippen MR) is 111 cm³/mol. The van der Waals surface area contributed by atoms with Crippen LogP contribution in [0.15, 0.2) is 77.9 Å². The van der Waals surface area contributed by atoms with Gasteiger partial charge in [-0.3, -0.25) is 4.79 Å². The molecule has 0 N–H and O–H groups in total. The van der Waals surface area contributed by atoms with E-state index in [4.69, 9.17) is 26.2 Å². The van der Waals surface area contributed by atoms with Gasteiger partial charge >= 0.3 is 0 Å². The molecule has 3 aromatic rings. The highest BCUT2D eigenvalue weighted by Crippen LogP contribution is 2.39. The molecule has 3 aromatic carbocycles. The zero-order valence-corrected chi connectivity index (χ0v) is 16.2. The Bertz CT molecular complexity index is 1100. The fourth-order valence-corrected chi connectivity index (χ4v) is 3.73. The minimum atomic E-state index is -0.233. The number of hydrogen-bond acceptors (Lipinski definition) is 4. The second-order valence-electron chi connectivity index (χ2n) is 6.90. The summed E-state index contributed by atoms with van der Waals surface area (Å²) in [6, 6.07) is 22.3. The summed E-state index contributed by atoms with van der Waals surface area (Å²) in [5.74, 6) is 1.23. The molecule has 0 radical (unpaired) electrons. The highest BCUT2D eigenvalue weighted by molar-refractivity contribution is 6.30. The van der Waals surface area contributed by atoms with E-state index >= 15 is 0 Å². The Morgan fingerprint density at radius 3 is 2.52 bits per heavy atom. The van der Waals surface area contributed by atoms with Crippen LogP contribution in [0.1, 0.15) is 33.9 Å². The van der Waals surface area contributed by atoms with Crippen molar-refractivity contribution in [1.29, 1.82) is 0 Å². The Hall–Kier alpha value is -3.31. The predicted octanol–water partition coefficient (Wildman–Crippen LogP) is 5.06. The van der Waals surface area contributed by atoms with E-state index in [1.165, 1.54) is 0 Å². The Morgan fingerprint density at radius 1 is 0.966 bits per heavy atom. The molecule has 0 spiro atoms. The van der Waals surface area contributed by atoms with Crippen LogP contribution in [0.3, 0.4) is 0 Å². The SMILES string of the molecule is O=C(c1ccc(Cl)cc1)N1N=C(c2ccccc2)C[C@@H]1c1ccc2c(c1)OCO2. The molecule has 1 atom stereocenters. The molecular formula is C23H17ClN2O3. The monoisotopic (exact) mass is 404 g/mol. The highest BCUT2D eigenvalue weighted by atomic mass is 35.5. The molecule has 0 aromatic heterocycles. The van der Waals surface area contributed by atoms with Gasteiger partial charge in [0.25, 0.3) is 5.91 Å². The van der Waals surface area contributed by atoms with E-state index in [-0.39, 0.29) is 18.7 Å². The molecule has 1 amide bonds. The van der Waals surface area contributed by atoms with E-state index in [0.29, 0.717) is 28.5 Å². The van der Waals surface area contributed by atoms with Gasteiger partial charge in [0.05, 0.1) is 11.8 Å². The van der Waals surface area contributed by atoms with Gasteiger partial charge in [-0.05, 0) is 47.5 Å². The summed E-state index contributed by atoms with van der Waals surface area (Å²) < 4.78 is 10.9. The van der Waals surface area contributed by atoms with E-state index in [1.54, 1.807) is 29.3 Å². The summed E-state index contributed by atoms with van der Waals surface area (Å²) in [5, 5.41) is 6.85. The lowest BCUT2D eigenvalue weighted by molar-refractivity contribution is 0.0711. The number of benzene rings is 3. The third kappa shape index (κ3) is 3.34. The first kappa shape index (κ1) is 17.8. The summed E-state index contributed by atoms with van der Waals surface area (Å²) in [5.41, 5.74) is 3.37. The molecular weight excluding hydrogens is 388 g/mol. The Balaban J connectivity index is 1.53. The molecule has 2 heterocycles. The van der Waals surface area contributed by atoms with Crippen LogP contribution in [0, 0.1) is 0 Å². The van der Waals surface area contributed by atoms with E-state index in [2.05, 4.69) is 0 Å². The number of fused-ring (bicyclic) bond motifs is 1. The molecule has 2 aliphatic heterocycles. The summed E-state index contributed by atoms with van der Waals surface area (Å²) in [6.07, 6.45) is 0.614. The fraction of sp³-hybridized carbons (Fsp3) is 0.130. The van der Waals surface area contributed by atoms with Gasteiger partial charge in [0.2, 0.25) is 6.79 Å². The van der Waals surface area contributed by atoms with Gasteiger partial charge in [-0.2, -0.15) is 5.10 Å². The molecule has 5 nitrogen and oxygen atoms in total. The van der Waals surface area contributed by atoms with Crippen molar-refractivity contribution in [2.24, 2.45) is 5.10 Å². The summed E-state index contributed by atoms with van der Waals surface area (Å²) in [6.45, 7) is 0.211. The quantitative estimate of drug-likeness (QED) is 0.613. The lowest BCUT2D eigenvalue weighted by Crippen LogP contribution is -2.27. The van der Waals surface area contributed by atoms with Gasteiger partial charge in [0, 0.05) is 17.0 Å². The first-order valence-corrected chi connectivity index (χ1v) is 9.68. The standard InChI is InChI=1S/C23H17ClN2O3/c24-18-9-6-16(7-10-18)23(27)26-20(13-19(25-26)15-4-2-1-3-5-15)17-8-11-21-22(12-17)29-14-28-21/h1-12,20H,13-14H2/t20-/m1/s1. The van der Waals surface area contributed by atoms with Crippen LogP contribution in [-0.2, 0) is 0 Å². The summed E-state index contributed by atoms with van der Waals surface area (Å²) in [4.78, 5) is 13.3. The third-order valence-electron chi connectivity index (χ3n) is 5.10. The van der Waals surface area contributed by atoms with Crippen molar-refractivity contribution >= 4 is 23.2 Å². The van der Waals surface area contributed by atoms with Crippen molar-refractivity contribution in [1.82, 2.24) is 5.01 Å². The van der Waals surface area contributed by atoms with E-state index in [0.717, 1.165) is 16.8 Å². The van der Waals surface area contributed by atoms with E-state index < -0.39 is 0 Å². The normalized spacial score (nSPS) is 17.3. The molecule has 0 unspecified atom stereocenters. The lowest BCUT2D eigenvalue weighted by atomic mass is 9.97. The first-order valence-electron chi connectivity index (χ1n) is 9.30. The molecule has 0 fully saturated rings. The maximum atomic E-state index is 13.3. The number of hydrogen-bond donors (Lipinski definition) is 0. The zero-order chi connectivity index (χ0) is 19.8. The molecule has 144 valence electrons. The van der Waals surface area contributed by atoms with Gasteiger partial charge in [0.1, 0.15) is 0 Å². The Labute approximate surface area is 173 Å². The van der Waals surface area contributed by atoms with Gasteiger partial charge in [-0.25, -0.2) is 5.01 Å². The van der Waals surface area contributed by atoms with Gasteiger partial charge < -0.3 is 9.47 Å². The van der Waals surface area contributed by atoms with Crippen molar-refractivity contribution in [2.75, 3.05) is 6.79 Å². The molecule has 29 heavy (non-hydrogen) atoms. The van der Waals surface area contributed by atoms with Crippen LogP contribution in [0.2, 0.25) is 5.02 Å². The number of halogens is 1. The minimum absolute atomic E-state index is 0.171. The number of ether oxygens (including phenoxy) is 2. The van der Waals surface area contributed by atoms with Crippen molar-refractivity contribution < 1.29 is 14.3 Å². The van der Waals surface area contributed by atoms with Gasteiger partial charge in [-0.15, -0.1) is 0 Å². The average molecular weight is 405 g/mol. The van der Waals surface area contributed by atoms with Crippen molar-refractivity contribution in [3.63, 3.8) is 0 Å². The lowest BCUT2D eigenvalue weighted by Gasteiger charge is -2.22. The molecule has 0 aliphatic carbocycles. The van der Waals surface area contributed by atoms with Crippen LogP contribution in [-0.4, -0.2) is 23.4 Å². The Morgan fingerprint density at radius 2 is 1.72 bits per heavy atom. The smallest absolute Gasteiger partial charge is 0.274 e. The van der Waals surface area contributed by atoms with E-state index in [9.17, 15) is 4.79 Å². The number of carbonyl (C=O) groups is 1. The van der Waals surface area contributed by atoms with Crippen molar-refractivity contribution in [2.45, 2.75) is 12.5 Å². The molecule has 2 aliphatic rings. The molecule has 0 bridgehead atoms. The maximum Gasteiger partial charge on any atom is 0.274 e. The topological polar surface area (TPSA) is 51.1 Å². The van der Waals surface area contributed by atoms with Crippen LogP contribution >= 0.6 is 11.6 Å².